The molecule has 0 saturated heterocycles. The molecule has 0 aliphatic heterocycles. The maximum absolute atomic E-state index is 10.9. The number of rotatable bonds is 4. The molecule has 0 fully saturated rings. The Morgan fingerprint density at radius 2 is 2.00 bits per heavy atom. The average molecular weight is 236 g/mol. The van der Waals surface area contributed by atoms with Crippen LogP contribution in [0.2, 0.25) is 0 Å². The van der Waals surface area contributed by atoms with Crippen LogP contribution in [0.1, 0.15) is 18.1 Å². The lowest BCUT2D eigenvalue weighted by Crippen LogP contribution is -2.19. The summed E-state index contributed by atoms with van der Waals surface area (Å²) in [5.41, 5.74) is 1.86. The van der Waals surface area contributed by atoms with Crippen LogP contribution in [0.15, 0.2) is 24.3 Å². The minimum absolute atomic E-state index is 0.0722. The summed E-state index contributed by atoms with van der Waals surface area (Å²) < 4.78 is 4.92. The minimum atomic E-state index is -0.461. The molecule has 0 aliphatic rings. The molecule has 0 aromatic heterocycles. The second-order valence-corrected chi connectivity index (χ2v) is 3.56. The van der Waals surface area contributed by atoms with Gasteiger partial charge >= 0.3 is 6.09 Å². The Labute approximate surface area is 100 Å². The molecule has 0 heterocycles. The third-order valence-electron chi connectivity index (χ3n) is 2.11. The Morgan fingerprint density at radius 3 is 2.65 bits per heavy atom. The van der Waals surface area contributed by atoms with Crippen molar-refractivity contribution in [3.63, 3.8) is 0 Å². The zero-order valence-electron chi connectivity index (χ0n) is 9.95. The van der Waals surface area contributed by atoms with Crippen LogP contribution >= 0.6 is 0 Å². The molecule has 0 unspecified atom stereocenters. The molecule has 17 heavy (non-hydrogen) atoms. The Balaban J connectivity index is 2.53. The van der Waals surface area contributed by atoms with E-state index in [1.807, 2.05) is 24.3 Å². The van der Waals surface area contributed by atoms with E-state index in [9.17, 15) is 9.59 Å². The van der Waals surface area contributed by atoms with Crippen molar-refractivity contribution in [2.45, 2.75) is 20.1 Å². The van der Waals surface area contributed by atoms with E-state index in [1.54, 1.807) is 0 Å². The normalized spacial score (nSPS) is 9.53. The lowest BCUT2D eigenvalue weighted by molar-refractivity contribution is -0.119. The van der Waals surface area contributed by atoms with E-state index in [0.29, 0.717) is 6.54 Å². The van der Waals surface area contributed by atoms with E-state index in [-0.39, 0.29) is 12.5 Å². The topological polar surface area (TPSA) is 67.4 Å². The van der Waals surface area contributed by atoms with Gasteiger partial charge in [-0.15, -0.1) is 0 Å². The Kier molecular flexibility index (Phi) is 5.00. The summed E-state index contributed by atoms with van der Waals surface area (Å²) in [5.74, 6) is -0.0722. The molecule has 0 radical (unpaired) electrons. The highest BCUT2D eigenvalue weighted by Crippen LogP contribution is 2.06. The summed E-state index contributed by atoms with van der Waals surface area (Å²) in [5, 5.41) is 5.08. The van der Waals surface area contributed by atoms with Gasteiger partial charge in [0.2, 0.25) is 5.91 Å². The van der Waals surface area contributed by atoms with Crippen LogP contribution in [-0.2, 0) is 22.7 Å². The molecule has 1 aromatic carbocycles. The molecule has 0 spiro atoms. The van der Waals surface area contributed by atoms with Crippen LogP contribution in [0.5, 0.6) is 0 Å². The minimum Gasteiger partial charge on any atom is -0.445 e. The van der Waals surface area contributed by atoms with Gasteiger partial charge < -0.3 is 15.4 Å². The van der Waals surface area contributed by atoms with Crippen molar-refractivity contribution in [2.24, 2.45) is 0 Å². The first kappa shape index (κ1) is 13.0. The molecule has 5 nitrogen and oxygen atoms in total. The molecule has 0 atom stereocenters. The molecule has 0 bridgehead atoms. The van der Waals surface area contributed by atoms with Crippen LogP contribution in [0.3, 0.4) is 0 Å². The Hall–Kier alpha value is -2.04. The zero-order chi connectivity index (χ0) is 12.7. The number of hydrogen-bond acceptors (Lipinski definition) is 3. The van der Waals surface area contributed by atoms with Crippen molar-refractivity contribution in [2.75, 3.05) is 7.05 Å². The fourth-order valence-electron chi connectivity index (χ4n) is 1.28. The maximum Gasteiger partial charge on any atom is 0.407 e. The summed E-state index contributed by atoms with van der Waals surface area (Å²) in [4.78, 5) is 21.7. The lowest BCUT2D eigenvalue weighted by atomic mass is 10.1. The summed E-state index contributed by atoms with van der Waals surface area (Å²) in [6.07, 6.45) is -0.461. The van der Waals surface area contributed by atoms with E-state index < -0.39 is 6.09 Å². The van der Waals surface area contributed by atoms with Crippen molar-refractivity contribution in [3.05, 3.63) is 35.4 Å². The number of ether oxygens (including phenoxy) is 1. The highest BCUT2D eigenvalue weighted by Gasteiger charge is 2.01. The first-order chi connectivity index (χ1) is 8.11. The van der Waals surface area contributed by atoms with E-state index in [1.165, 1.54) is 14.0 Å². The smallest absolute Gasteiger partial charge is 0.407 e. The van der Waals surface area contributed by atoms with Gasteiger partial charge in [0.15, 0.2) is 0 Å². The van der Waals surface area contributed by atoms with E-state index >= 15 is 0 Å². The average Bonchev–Trinajstić information content (AvgIpc) is 2.34. The standard InChI is InChI=1S/C12H16N2O3/c1-9(15)14-7-10-4-3-5-11(6-10)8-17-12(16)13-2/h3-6H,7-8H2,1-2H3,(H,13,16)(H,14,15). The fourth-order valence-corrected chi connectivity index (χ4v) is 1.28. The van der Waals surface area contributed by atoms with Gasteiger partial charge in [-0.05, 0) is 11.1 Å². The molecule has 1 aromatic rings. The molecular formula is C12H16N2O3. The predicted molar refractivity (Wildman–Crippen MR) is 63.2 cm³/mol. The lowest BCUT2D eigenvalue weighted by Gasteiger charge is -2.07. The predicted octanol–water partition coefficient (Wildman–Crippen LogP) is 1.18. The molecule has 0 saturated carbocycles. The van der Waals surface area contributed by atoms with E-state index in [2.05, 4.69) is 10.6 Å². The molecule has 2 amide bonds. The largest absolute Gasteiger partial charge is 0.445 e. The highest BCUT2D eigenvalue weighted by molar-refractivity contribution is 5.72. The van der Waals surface area contributed by atoms with Gasteiger partial charge in [0.05, 0.1) is 0 Å². The zero-order valence-corrected chi connectivity index (χ0v) is 9.95. The molecule has 0 aliphatic carbocycles. The highest BCUT2D eigenvalue weighted by atomic mass is 16.5. The Morgan fingerprint density at radius 1 is 1.29 bits per heavy atom. The van der Waals surface area contributed by atoms with Crippen molar-refractivity contribution in [1.29, 1.82) is 0 Å². The number of amides is 2. The van der Waals surface area contributed by atoms with Gasteiger partial charge in [0.25, 0.3) is 0 Å². The number of hydrogen-bond donors (Lipinski definition) is 2. The van der Waals surface area contributed by atoms with Crippen LogP contribution in [0.4, 0.5) is 4.79 Å². The number of nitrogens with one attached hydrogen (secondary N) is 2. The van der Waals surface area contributed by atoms with E-state index in [4.69, 9.17) is 4.74 Å². The SMILES string of the molecule is CNC(=O)OCc1cccc(CNC(C)=O)c1. The molecular weight excluding hydrogens is 220 g/mol. The number of alkyl carbamates (subject to hydrolysis) is 1. The second-order valence-electron chi connectivity index (χ2n) is 3.56. The first-order valence-corrected chi connectivity index (χ1v) is 5.28. The van der Waals surface area contributed by atoms with Crippen molar-refractivity contribution in [1.82, 2.24) is 10.6 Å². The second kappa shape index (κ2) is 6.52. The maximum atomic E-state index is 10.9. The summed E-state index contributed by atoms with van der Waals surface area (Å²) in [6.45, 7) is 2.16. The van der Waals surface area contributed by atoms with Gasteiger partial charge in [-0.2, -0.15) is 0 Å². The van der Waals surface area contributed by atoms with Gasteiger partial charge in [-0.3, -0.25) is 4.79 Å². The van der Waals surface area contributed by atoms with Gasteiger partial charge in [0.1, 0.15) is 6.61 Å². The third-order valence-corrected chi connectivity index (χ3v) is 2.11. The van der Waals surface area contributed by atoms with Crippen molar-refractivity contribution >= 4 is 12.0 Å². The number of carbonyl (C=O) groups excluding carboxylic acids is 2. The van der Waals surface area contributed by atoms with Gasteiger partial charge in [0, 0.05) is 20.5 Å². The summed E-state index contributed by atoms with van der Waals surface area (Å²) in [7, 11) is 1.51. The number of benzene rings is 1. The number of carbonyl (C=O) groups is 2. The van der Waals surface area contributed by atoms with Crippen molar-refractivity contribution < 1.29 is 14.3 Å². The Bertz CT molecular complexity index is 404. The summed E-state index contributed by atoms with van der Waals surface area (Å²) in [6, 6.07) is 7.51. The van der Waals surface area contributed by atoms with Gasteiger partial charge in [-0.1, -0.05) is 24.3 Å². The van der Waals surface area contributed by atoms with Crippen LogP contribution in [0.25, 0.3) is 0 Å². The monoisotopic (exact) mass is 236 g/mol. The molecule has 2 N–H and O–H groups in total. The fraction of sp³-hybridized carbons (Fsp3) is 0.333. The van der Waals surface area contributed by atoms with Gasteiger partial charge in [-0.25, -0.2) is 4.79 Å². The molecule has 5 heteroatoms. The third kappa shape index (κ3) is 5.01. The quantitative estimate of drug-likeness (QED) is 0.824. The molecule has 1 rings (SSSR count). The van der Waals surface area contributed by atoms with Crippen LogP contribution in [0, 0.1) is 0 Å². The van der Waals surface area contributed by atoms with E-state index in [0.717, 1.165) is 11.1 Å². The first-order valence-electron chi connectivity index (χ1n) is 5.28. The molecule has 92 valence electrons. The summed E-state index contributed by atoms with van der Waals surface area (Å²) >= 11 is 0. The van der Waals surface area contributed by atoms with Crippen molar-refractivity contribution in [3.8, 4) is 0 Å². The van der Waals surface area contributed by atoms with Crippen LogP contribution < -0.4 is 10.6 Å². The van der Waals surface area contributed by atoms with Crippen LogP contribution in [-0.4, -0.2) is 19.0 Å².